The summed E-state index contributed by atoms with van der Waals surface area (Å²) in [7, 11) is 0. The molecule has 4 heteroatoms. The summed E-state index contributed by atoms with van der Waals surface area (Å²) in [5.41, 5.74) is -0.181. The molecule has 0 aromatic carbocycles. The van der Waals surface area contributed by atoms with E-state index in [1.54, 1.807) is 0 Å². The molecule has 0 aromatic heterocycles. The summed E-state index contributed by atoms with van der Waals surface area (Å²) in [5, 5.41) is 19.7. The molecule has 0 heterocycles. The maximum Gasteiger partial charge on any atom is 0.404 e. The quantitative estimate of drug-likeness (QED) is 0.709. The van der Waals surface area contributed by atoms with Gasteiger partial charge in [-0.15, -0.1) is 0 Å². The number of hydrogen-bond donors (Lipinski definition) is 2. The Bertz CT molecular complexity index is 249. The Morgan fingerprint density at radius 3 is 2.64 bits per heavy atom. The zero-order valence-electron chi connectivity index (χ0n) is 8.42. The fourth-order valence-electron chi connectivity index (χ4n) is 1.86. The third-order valence-corrected chi connectivity index (χ3v) is 3.02. The highest BCUT2D eigenvalue weighted by atomic mass is 16.4. The number of nitrogens with one attached hydrogen (secondary N) is 1. The van der Waals surface area contributed by atoms with Crippen LogP contribution in [0.2, 0.25) is 0 Å². The number of rotatable bonds is 2. The van der Waals surface area contributed by atoms with Gasteiger partial charge in [0, 0.05) is 6.54 Å². The van der Waals surface area contributed by atoms with E-state index in [4.69, 9.17) is 10.4 Å². The molecule has 1 amide bonds. The lowest BCUT2D eigenvalue weighted by molar-refractivity contribution is 0.184. The zero-order valence-corrected chi connectivity index (χ0v) is 8.42. The average Bonchev–Trinajstić information content (AvgIpc) is 2.17. The summed E-state index contributed by atoms with van der Waals surface area (Å²) in [5.74, 6) is 0.410. The van der Waals surface area contributed by atoms with Crippen molar-refractivity contribution in [3.8, 4) is 6.07 Å². The zero-order chi connectivity index (χ0) is 10.6. The van der Waals surface area contributed by atoms with Crippen LogP contribution in [-0.2, 0) is 0 Å². The molecule has 1 saturated carbocycles. The van der Waals surface area contributed by atoms with Crippen molar-refractivity contribution >= 4 is 6.09 Å². The van der Waals surface area contributed by atoms with Crippen LogP contribution in [0.3, 0.4) is 0 Å². The van der Waals surface area contributed by atoms with Gasteiger partial charge in [0.15, 0.2) is 0 Å². The lowest BCUT2D eigenvalue weighted by Gasteiger charge is -2.31. The highest BCUT2D eigenvalue weighted by molar-refractivity contribution is 5.64. The third-order valence-electron chi connectivity index (χ3n) is 3.02. The summed E-state index contributed by atoms with van der Waals surface area (Å²) in [4.78, 5) is 10.3. The van der Waals surface area contributed by atoms with E-state index in [1.807, 2.05) is 6.92 Å². The van der Waals surface area contributed by atoms with E-state index in [1.165, 1.54) is 0 Å². The van der Waals surface area contributed by atoms with Gasteiger partial charge in [-0.3, -0.25) is 0 Å². The van der Waals surface area contributed by atoms with Crippen molar-refractivity contribution in [2.45, 2.75) is 32.6 Å². The molecule has 0 saturated heterocycles. The van der Waals surface area contributed by atoms with Gasteiger partial charge in [0.25, 0.3) is 0 Å². The fraction of sp³-hybridized carbons (Fsp3) is 0.800. The molecule has 2 N–H and O–H groups in total. The van der Waals surface area contributed by atoms with Crippen LogP contribution in [-0.4, -0.2) is 17.7 Å². The van der Waals surface area contributed by atoms with Crippen LogP contribution in [0.4, 0.5) is 4.79 Å². The number of hydrogen-bond acceptors (Lipinski definition) is 2. The van der Waals surface area contributed by atoms with E-state index in [0.29, 0.717) is 12.5 Å². The second-order valence-electron chi connectivity index (χ2n) is 4.30. The van der Waals surface area contributed by atoms with Crippen LogP contribution in [0.15, 0.2) is 0 Å². The molecule has 1 fully saturated rings. The normalized spacial score (nSPS) is 31.9. The first-order valence-electron chi connectivity index (χ1n) is 4.94. The van der Waals surface area contributed by atoms with E-state index < -0.39 is 6.09 Å². The van der Waals surface area contributed by atoms with Gasteiger partial charge in [-0.2, -0.15) is 5.26 Å². The molecule has 1 rings (SSSR count). The Morgan fingerprint density at radius 1 is 1.64 bits per heavy atom. The highest BCUT2D eigenvalue weighted by Crippen LogP contribution is 2.37. The molecule has 0 aliphatic heterocycles. The minimum Gasteiger partial charge on any atom is -0.465 e. The molecule has 1 aliphatic rings. The first kappa shape index (κ1) is 10.8. The first-order valence-corrected chi connectivity index (χ1v) is 4.94. The van der Waals surface area contributed by atoms with Gasteiger partial charge in [-0.05, 0) is 38.5 Å². The Hall–Kier alpha value is -1.24. The van der Waals surface area contributed by atoms with E-state index >= 15 is 0 Å². The number of carbonyl (C=O) groups is 1. The van der Waals surface area contributed by atoms with E-state index in [9.17, 15) is 4.79 Å². The van der Waals surface area contributed by atoms with Crippen LogP contribution >= 0.6 is 0 Å². The maximum absolute atomic E-state index is 10.3. The largest absolute Gasteiger partial charge is 0.465 e. The summed E-state index contributed by atoms with van der Waals surface area (Å²) in [6.45, 7) is 2.50. The highest BCUT2D eigenvalue weighted by Gasteiger charge is 2.30. The standard InChI is InChI=1S/C10H16N2O2/c1-10(7-11)4-2-8(3-5-10)6-12-9(13)14/h8,12H,2-6H2,1H3,(H,13,14). The van der Waals surface area contributed by atoms with Gasteiger partial charge >= 0.3 is 6.09 Å². The van der Waals surface area contributed by atoms with Gasteiger partial charge < -0.3 is 10.4 Å². The minimum absolute atomic E-state index is 0.181. The first-order chi connectivity index (χ1) is 6.56. The molecule has 0 unspecified atom stereocenters. The molecule has 0 aromatic rings. The third kappa shape index (κ3) is 2.91. The molecule has 1 aliphatic carbocycles. The van der Waals surface area contributed by atoms with Crippen LogP contribution in [0.5, 0.6) is 0 Å². The molecule has 0 atom stereocenters. The summed E-state index contributed by atoms with van der Waals surface area (Å²) in [6.07, 6.45) is 2.71. The molecular formula is C10H16N2O2. The van der Waals surface area contributed by atoms with Crippen molar-refractivity contribution in [2.75, 3.05) is 6.54 Å². The molecule has 0 radical (unpaired) electrons. The van der Waals surface area contributed by atoms with Crippen molar-refractivity contribution in [2.24, 2.45) is 11.3 Å². The SMILES string of the molecule is CC1(C#N)CCC(CNC(=O)O)CC1. The van der Waals surface area contributed by atoms with Crippen molar-refractivity contribution in [1.29, 1.82) is 5.26 Å². The van der Waals surface area contributed by atoms with E-state index in [2.05, 4.69) is 11.4 Å². The molecule has 4 nitrogen and oxygen atoms in total. The van der Waals surface area contributed by atoms with Gasteiger partial charge in [0.1, 0.15) is 0 Å². The van der Waals surface area contributed by atoms with Gasteiger partial charge in [-0.1, -0.05) is 0 Å². The second-order valence-corrected chi connectivity index (χ2v) is 4.30. The van der Waals surface area contributed by atoms with Crippen molar-refractivity contribution in [3.63, 3.8) is 0 Å². The van der Waals surface area contributed by atoms with Crippen molar-refractivity contribution < 1.29 is 9.90 Å². The summed E-state index contributed by atoms with van der Waals surface area (Å²) >= 11 is 0. The summed E-state index contributed by atoms with van der Waals surface area (Å²) in [6, 6.07) is 2.33. The van der Waals surface area contributed by atoms with Gasteiger partial charge in [0.2, 0.25) is 0 Å². The van der Waals surface area contributed by atoms with E-state index in [0.717, 1.165) is 25.7 Å². The minimum atomic E-state index is -0.960. The monoisotopic (exact) mass is 196 g/mol. The Labute approximate surface area is 83.9 Å². The molecule has 0 spiro atoms. The van der Waals surface area contributed by atoms with Gasteiger partial charge in [0.05, 0.1) is 11.5 Å². The van der Waals surface area contributed by atoms with E-state index in [-0.39, 0.29) is 5.41 Å². The Balaban J connectivity index is 2.30. The van der Waals surface area contributed by atoms with Crippen molar-refractivity contribution in [3.05, 3.63) is 0 Å². The van der Waals surface area contributed by atoms with Crippen LogP contribution in [0.1, 0.15) is 32.6 Å². The number of carboxylic acid groups (broad SMARTS) is 1. The number of nitrogens with zero attached hydrogens (tertiary/aromatic N) is 1. The maximum atomic E-state index is 10.3. The number of nitriles is 1. The molecule has 14 heavy (non-hydrogen) atoms. The molecule has 78 valence electrons. The lowest BCUT2D eigenvalue weighted by atomic mass is 9.73. The van der Waals surface area contributed by atoms with Crippen LogP contribution < -0.4 is 5.32 Å². The average molecular weight is 196 g/mol. The Kier molecular flexibility index (Phi) is 3.34. The smallest absolute Gasteiger partial charge is 0.404 e. The molecular weight excluding hydrogens is 180 g/mol. The topological polar surface area (TPSA) is 73.1 Å². The predicted octanol–water partition coefficient (Wildman–Crippen LogP) is 1.97. The predicted molar refractivity (Wildman–Crippen MR) is 51.7 cm³/mol. The van der Waals surface area contributed by atoms with Crippen LogP contribution in [0.25, 0.3) is 0 Å². The fourth-order valence-corrected chi connectivity index (χ4v) is 1.86. The molecule has 0 bridgehead atoms. The van der Waals surface area contributed by atoms with Crippen LogP contribution in [0, 0.1) is 22.7 Å². The summed E-state index contributed by atoms with van der Waals surface area (Å²) < 4.78 is 0. The number of amides is 1. The second kappa shape index (κ2) is 4.32. The van der Waals surface area contributed by atoms with Crippen molar-refractivity contribution in [1.82, 2.24) is 5.32 Å². The van der Waals surface area contributed by atoms with Gasteiger partial charge in [-0.25, -0.2) is 4.79 Å². The lowest BCUT2D eigenvalue weighted by Crippen LogP contribution is -2.32. The Morgan fingerprint density at radius 2 is 2.21 bits per heavy atom.